The van der Waals surface area contributed by atoms with E-state index in [-0.39, 0.29) is 12.4 Å². The van der Waals surface area contributed by atoms with Gasteiger partial charge >= 0.3 is 0 Å². The van der Waals surface area contributed by atoms with Crippen molar-refractivity contribution in [2.24, 2.45) is 23.5 Å². The monoisotopic (exact) mass is 425 g/mol. The Morgan fingerprint density at radius 1 is 1.23 bits per heavy atom. The zero-order chi connectivity index (χ0) is 19.5. The van der Waals surface area contributed by atoms with Crippen molar-refractivity contribution in [2.75, 3.05) is 31.1 Å². The fourth-order valence-electron chi connectivity index (χ4n) is 4.92. The molecule has 0 amide bonds. The van der Waals surface area contributed by atoms with Crippen LogP contribution in [0.5, 0.6) is 5.75 Å². The molecule has 30 heavy (non-hydrogen) atoms. The summed E-state index contributed by atoms with van der Waals surface area (Å²) in [6.07, 6.45) is 5.67. The van der Waals surface area contributed by atoms with E-state index in [0.717, 1.165) is 76.6 Å². The van der Waals surface area contributed by atoms with Crippen LogP contribution in [0.25, 0.3) is 27.7 Å². The van der Waals surface area contributed by atoms with Crippen LogP contribution in [0.15, 0.2) is 36.8 Å². The average Bonchev–Trinajstić information content (AvgIpc) is 3.13. The number of ether oxygens (including phenoxy) is 1. The lowest BCUT2D eigenvalue weighted by molar-refractivity contribution is 0.338. The van der Waals surface area contributed by atoms with Gasteiger partial charge in [0.25, 0.3) is 0 Å². The second-order valence-electron chi connectivity index (χ2n) is 7.99. The van der Waals surface area contributed by atoms with Crippen molar-refractivity contribution in [2.45, 2.75) is 6.92 Å². The Morgan fingerprint density at radius 3 is 2.77 bits per heavy atom. The minimum atomic E-state index is 0. The fourth-order valence-corrected chi connectivity index (χ4v) is 4.92. The Balaban J connectivity index is 0.00000193. The van der Waals surface area contributed by atoms with Crippen molar-refractivity contribution in [1.82, 2.24) is 24.8 Å². The maximum atomic E-state index is 5.84. The first-order chi connectivity index (χ1) is 14.3. The minimum Gasteiger partial charge on any atom is -0.492 e. The van der Waals surface area contributed by atoms with Gasteiger partial charge in [0, 0.05) is 30.4 Å². The summed E-state index contributed by atoms with van der Waals surface area (Å²) in [7, 11) is 0. The van der Waals surface area contributed by atoms with Crippen LogP contribution in [-0.2, 0) is 0 Å². The fraction of sp³-hybridized carbons (Fsp3) is 0.381. The first kappa shape index (κ1) is 19.1. The van der Waals surface area contributed by atoms with E-state index in [1.165, 1.54) is 0 Å². The van der Waals surface area contributed by atoms with Crippen LogP contribution in [0.3, 0.4) is 0 Å². The second kappa shape index (κ2) is 7.14. The van der Waals surface area contributed by atoms with E-state index >= 15 is 0 Å². The lowest BCUT2D eigenvalue weighted by Gasteiger charge is -2.20. The van der Waals surface area contributed by atoms with Gasteiger partial charge < -0.3 is 15.4 Å². The van der Waals surface area contributed by atoms with Gasteiger partial charge in [-0.1, -0.05) is 0 Å². The third kappa shape index (κ3) is 2.82. The number of nitrogens with zero attached hydrogens (tertiary/aromatic N) is 5. The van der Waals surface area contributed by atoms with Crippen molar-refractivity contribution in [3.8, 4) is 16.9 Å². The number of piperidine rings is 1. The van der Waals surface area contributed by atoms with E-state index in [2.05, 4.69) is 38.4 Å². The van der Waals surface area contributed by atoms with Gasteiger partial charge in [0.2, 0.25) is 0 Å². The predicted molar refractivity (Wildman–Crippen MR) is 118 cm³/mol. The number of fused-ring (bicyclic) bond motifs is 4. The van der Waals surface area contributed by atoms with Gasteiger partial charge in [-0.3, -0.25) is 5.10 Å². The van der Waals surface area contributed by atoms with E-state index in [1.54, 1.807) is 0 Å². The highest BCUT2D eigenvalue weighted by Gasteiger charge is 2.54. The molecule has 1 saturated carbocycles. The molecule has 3 atom stereocenters. The summed E-state index contributed by atoms with van der Waals surface area (Å²) >= 11 is 0. The zero-order valence-corrected chi connectivity index (χ0v) is 17.5. The summed E-state index contributed by atoms with van der Waals surface area (Å²) in [5.74, 6) is 4.05. The number of halogens is 1. The van der Waals surface area contributed by atoms with Gasteiger partial charge in [-0.25, -0.2) is 9.50 Å². The molecule has 4 aromatic heterocycles. The predicted octanol–water partition coefficient (Wildman–Crippen LogP) is 2.73. The standard InChI is InChI=1S/C21H23N7O.ClH/c1-2-29-13-5-14(20-16-8-24-25-21(16)26-28(20)9-13)12-3-4-19(23-7-12)27-10-17-15(6-22)18(17)11-27;/h3-5,7-9,15,17-18H,2,6,10-11,22H2,1H3,(H,25,26);1H/t15-,17+,18-;. The van der Waals surface area contributed by atoms with E-state index in [4.69, 9.17) is 15.5 Å². The van der Waals surface area contributed by atoms with Crippen molar-refractivity contribution in [3.05, 3.63) is 36.8 Å². The Bertz CT molecular complexity index is 1190. The zero-order valence-electron chi connectivity index (χ0n) is 16.7. The molecule has 1 saturated heterocycles. The van der Waals surface area contributed by atoms with E-state index in [9.17, 15) is 0 Å². The number of H-pyrrole nitrogens is 1. The highest BCUT2D eigenvalue weighted by molar-refractivity contribution is 6.00. The number of aromatic nitrogens is 5. The Morgan fingerprint density at radius 2 is 2.07 bits per heavy atom. The highest BCUT2D eigenvalue weighted by Crippen LogP contribution is 2.51. The lowest BCUT2D eigenvalue weighted by Crippen LogP contribution is -2.26. The molecule has 0 spiro atoms. The third-order valence-corrected chi connectivity index (χ3v) is 6.44. The Hall–Kier alpha value is -2.84. The second-order valence-corrected chi connectivity index (χ2v) is 7.99. The first-order valence-electron chi connectivity index (χ1n) is 10.2. The van der Waals surface area contributed by atoms with Gasteiger partial charge in [-0.15, -0.1) is 17.5 Å². The number of pyridine rings is 2. The maximum Gasteiger partial charge on any atom is 0.178 e. The van der Waals surface area contributed by atoms with Gasteiger partial charge in [0.05, 0.1) is 29.9 Å². The van der Waals surface area contributed by atoms with Crippen molar-refractivity contribution >= 4 is 34.8 Å². The molecule has 0 unspecified atom stereocenters. The van der Waals surface area contributed by atoms with Crippen LogP contribution in [0.1, 0.15) is 6.92 Å². The molecular weight excluding hydrogens is 402 g/mol. The van der Waals surface area contributed by atoms with E-state index in [1.807, 2.05) is 30.0 Å². The van der Waals surface area contributed by atoms with Crippen LogP contribution in [0, 0.1) is 17.8 Å². The molecule has 4 aromatic rings. The normalized spacial score (nSPS) is 22.3. The molecule has 0 bridgehead atoms. The van der Waals surface area contributed by atoms with Gasteiger partial charge in [0.1, 0.15) is 11.6 Å². The highest BCUT2D eigenvalue weighted by atomic mass is 35.5. The molecule has 1 aliphatic carbocycles. The van der Waals surface area contributed by atoms with Crippen molar-refractivity contribution in [1.29, 1.82) is 0 Å². The van der Waals surface area contributed by atoms with Crippen LogP contribution < -0.4 is 15.4 Å². The molecule has 2 aliphatic rings. The third-order valence-electron chi connectivity index (χ3n) is 6.44. The van der Waals surface area contributed by atoms with Crippen LogP contribution in [0.4, 0.5) is 5.82 Å². The summed E-state index contributed by atoms with van der Waals surface area (Å²) in [6, 6.07) is 6.31. The van der Waals surface area contributed by atoms with Crippen LogP contribution in [-0.4, -0.2) is 51.0 Å². The first-order valence-corrected chi connectivity index (χ1v) is 10.2. The van der Waals surface area contributed by atoms with Gasteiger partial charge in [-0.2, -0.15) is 5.10 Å². The molecular formula is C21H24ClN7O. The molecule has 0 radical (unpaired) electrons. The minimum absolute atomic E-state index is 0. The number of hydrogen-bond donors (Lipinski definition) is 2. The quantitative estimate of drug-likeness (QED) is 0.510. The van der Waals surface area contributed by atoms with Gasteiger partial charge in [0.15, 0.2) is 5.65 Å². The Kier molecular flexibility index (Phi) is 4.56. The van der Waals surface area contributed by atoms with Crippen molar-refractivity contribution < 1.29 is 4.74 Å². The Labute approximate surface area is 179 Å². The molecule has 1 aliphatic heterocycles. The van der Waals surface area contributed by atoms with E-state index < -0.39 is 0 Å². The maximum absolute atomic E-state index is 5.84. The molecule has 8 nitrogen and oxygen atoms in total. The molecule has 5 heterocycles. The van der Waals surface area contributed by atoms with Crippen LogP contribution >= 0.6 is 12.4 Å². The lowest BCUT2D eigenvalue weighted by atomic mass is 10.1. The number of nitrogens with one attached hydrogen (secondary N) is 1. The molecule has 9 heteroatoms. The summed E-state index contributed by atoms with van der Waals surface area (Å²) in [5, 5.41) is 12.7. The molecule has 6 rings (SSSR count). The van der Waals surface area contributed by atoms with Crippen LogP contribution in [0.2, 0.25) is 0 Å². The SMILES string of the molecule is CCOc1cc(-c2ccc(N3C[C@@H]4[C@H](CN)[C@@H]4C3)nc2)c2c3cn[nH]c3nn2c1.Cl. The molecule has 0 aromatic carbocycles. The topological polar surface area (TPSA) is 97.4 Å². The average molecular weight is 426 g/mol. The number of nitrogens with two attached hydrogens (primary N) is 1. The number of aromatic amines is 1. The largest absolute Gasteiger partial charge is 0.492 e. The van der Waals surface area contributed by atoms with Crippen molar-refractivity contribution in [3.63, 3.8) is 0 Å². The number of anilines is 1. The summed E-state index contributed by atoms with van der Waals surface area (Å²) < 4.78 is 7.62. The smallest absolute Gasteiger partial charge is 0.178 e. The molecule has 3 N–H and O–H groups in total. The van der Waals surface area contributed by atoms with E-state index in [0.29, 0.717) is 6.61 Å². The number of rotatable bonds is 5. The summed E-state index contributed by atoms with van der Waals surface area (Å²) in [4.78, 5) is 7.16. The van der Waals surface area contributed by atoms with Gasteiger partial charge in [-0.05, 0) is 49.4 Å². The molecule has 156 valence electrons. The molecule has 2 fully saturated rings. The number of hydrogen-bond acceptors (Lipinski definition) is 6. The summed E-state index contributed by atoms with van der Waals surface area (Å²) in [5.41, 5.74) is 9.66. The summed E-state index contributed by atoms with van der Waals surface area (Å²) in [6.45, 7) is 5.54.